The van der Waals surface area contributed by atoms with Gasteiger partial charge in [-0.15, -0.1) is 0 Å². The van der Waals surface area contributed by atoms with Gasteiger partial charge in [-0.05, 0) is 25.8 Å². The first-order valence-electron chi connectivity index (χ1n) is 7.49. The number of likely N-dealkylation sites (N-methyl/N-ethyl adjacent to an activating group) is 1. The maximum atomic E-state index is 5.40. The summed E-state index contributed by atoms with van der Waals surface area (Å²) in [5.41, 5.74) is 0. The minimum absolute atomic E-state index is 0.609. The van der Waals surface area contributed by atoms with Crippen molar-refractivity contribution in [1.29, 1.82) is 0 Å². The first-order valence-corrected chi connectivity index (χ1v) is 7.49. The van der Waals surface area contributed by atoms with E-state index in [4.69, 9.17) is 4.74 Å². The first kappa shape index (κ1) is 16.9. The van der Waals surface area contributed by atoms with Crippen molar-refractivity contribution in [3.05, 3.63) is 0 Å². The third kappa shape index (κ3) is 6.42. The van der Waals surface area contributed by atoms with Gasteiger partial charge in [0.05, 0.1) is 6.61 Å². The van der Waals surface area contributed by atoms with E-state index in [-0.39, 0.29) is 0 Å². The van der Waals surface area contributed by atoms with Gasteiger partial charge in [-0.3, -0.25) is 4.90 Å². The average Bonchev–Trinajstić information content (AvgIpc) is 2.31. The molecule has 0 saturated carbocycles. The molecule has 0 saturated heterocycles. The van der Waals surface area contributed by atoms with Crippen LogP contribution < -0.4 is 0 Å². The molecule has 0 bridgehead atoms. The maximum Gasteiger partial charge on any atom is 0.0618 e. The van der Waals surface area contributed by atoms with E-state index in [1.165, 1.54) is 38.5 Å². The summed E-state index contributed by atoms with van der Waals surface area (Å²) < 4.78 is 5.40. The molecule has 1 unspecified atom stereocenters. The van der Waals surface area contributed by atoms with Gasteiger partial charge in [0.25, 0.3) is 0 Å². The van der Waals surface area contributed by atoms with Crippen molar-refractivity contribution in [3.8, 4) is 0 Å². The summed E-state index contributed by atoms with van der Waals surface area (Å²) in [5.74, 6) is 0. The minimum atomic E-state index is 0.609. The van der Waals surface area contributed by atoms with Crippen LogP contribution in [0.5, 0.6) is 0 Å². The van der Waals surface area contributed by atoms with Crippen LogP contribution in [0.1, 0.15) is 66.2 Å². The van der Waals surface area contributed by atoms with Crippen LogP contribution in [0, 0.1) is 0 Å². The Morgan fingerprint density at radius 3 is 1.65 bits per heavy atom. The predicted octanol–water partition coefficient (Wildman–Crippen LogP) is 4.09. The fourth-order valence-corrected chi connectivity index (χ4v) is 2.83. The number of hydrogen-bond acceptors (Lipinski definition) is 2. The van der Waals surface area contributed by atoms with Crippen molar-refractivity contribution < 1.29 is 4.74 Å². The molecule has 2 nitrogen and oxygen atoms in total. The first-order chi connectivity index (χ1) is 8.24. The zero-order valence-corrected chi connectivity index (χ0v) is 12.7. The molecular formula is C15H33NO. The Bertz CT molecular complexity index is 133. The van der Waals surface area contributed by atoms with Gasteiger partial charge in [0, 0.05) is 19.2 Å². The summed E-state index contributed by atoms with van der Waals surface area (Å²) >= 11 is 0. The molecule has 0 spiro atoms. The Kier molecular flexibility index (Phi) is 11.0. The van der Waals surface area contributed by atoms with Crippen LogP contribution in [0.25, 0.3) is 0 Å². The SMILES string of the molecule is CCCC(CCC)N(CC)C(CCC)COC. The van der Waals surface area contributed by atoms with Gasteiger partial charge in [-0.2, -0.15) is 0 Å². The Labute approximate surface area is 109 Å². The third-order valence-electron chi connectivity index (χ3n) is 3.53. The van der Waals surface area contributed by atoms with Crippen molar-refractivity contribution in [3.63, 3.8) is 0 Å². The maximum absolute atomic E-state index is 5.40. The lowest BCUT2D eigenvalue weighted by Gasteiger charge is -2.37. The molecule has 0 aliphatic rings. The monoisotopic (exact) mass is 243 g/mol. The zero-order valence-electron chi connectivity index (χ0n) is 12.7. The molecule has 0 aliphatic heterocycles. The number of rotatable bonds is 11. The summed E-state index contributed by atoms with van der Waals surface area (Å²) in [6.07, 6.45) is 7.72. The van der Waals surface area contributed by atoms with E-state index in [0.717, 1.165) is 19.2 Å². The zero-order chi connectivity index (χ0) is 13.1. The van der Waals surface area contributed by atoms with Crippen LogP contribution in [-0.2, 0) is 4.74 Å². The van der Waals surface area contributed by atoms with Crippen LogP contribution in [0.2, 0.25) is 0 Å². The molecule has 0 rings (SSSR count). The topological polar surface area (TPSA) is 12.5 Å². The lowest BCUT2D eigenvalue weighted by Crippen LogP contribution is -2.45. The van der Waals surface area contributed by atoms with Gasteiger partial charge in [0.15, 0.2) is 0 Å². The van der Waals surface area contributed by atoms with E-state index in [1.54, 1.807) is 0 Å². The van der Waals surface area contributed by atoms with Crippen molar-refractivity contribution in [2.45, 2.75) is 78.3 Å². The van der Waals surface area contributed by atoms with Crippen molar-refractivity contribution in [2.75, 3.05) is 20.3 Å². The summed E-state index contributed by atoms with van der Waals surface area (Å²) in [6.45, 7) is 11.2. The predicted molar refractivity (Wildman–Crippen MR) is 76.6 cm³/mol. The lowest BCUT2D eigenvalue weighted by atomic mass is 10.0. The minimum Gasteiger partial charge on any atom is -0.383 e. The van der Waals surface area contributed by atoms with Crippen LogP contribution in [0.3, 0.4) is 0 Å². The quantitative estimate of drug-likeness (QED) is 0.542. The van der Waals surface area contributed by atoms with Crippen molar-refractivity contribution in [2.24, 2.45) is 0 Å². The van der Waals surface area contributed by atoms with E-state index < -0.39 is 0 Å². The van der Waals surface area contributed by atoms with Gasteiger partial charge >= 0.3 is 0 Å². The molecular weight excluding hydrogens is 210 g/mol. The molecule has 0 aromatic carbocycles. The number of ether oxygens (including phenoxy) is 1. The fraction of sp³-hybridized carbons (Fsp3) is 1.00. The molecule has 2 heteroatoms. The van der Waals surface area contributed by atoms with Crippen molar-refractivity contribution in [1.82, 2.24) is 4.90 Å². The van der Waals surface area contributed by atoms with E-state index in [0.29, 0.717) is 6.04 Å². The molecule has 0 radical (unpaired) electrons. The molecule has 0 heterocycles. The molecule has 0 amide bonds. The van der Waals surface area contributed by atoms with Crippen LogP contribution >= 0.6 is 0 Å². The molecule has 0 aliphatic carbocycles. The summed E-state index contributed by atoms with van der Waals surface area (Å²) in [7, 11) is 1.82. The largest absolute Gasteiger partial charge is 0.383 e. The summed E-state index contributed by atoms with van der Waals surface area (Å²) in [6, 6.07) is 1.36. The van der Waals surface area contributed by atoms with Crippen LogP contribution in [0.4, 0.5) is 0 Å². The molecule has 0 N–H and O–H groups in total. The Morgan fingerprint density at radius 1 is 0.824 bits per heavy atom. The third-order valence-corrected chi connectivity index (χ3v) is 3.53. The Morgan fingerprint density at radius 2 is 1.29 bits per heavy atom. The number of methoxy groups -OCH3 is 1. The highest BCUT2D eigenvalue weighted by molar-refractivity contribution is 4.78. The second-order valence-corrected chi connectivity index (χ2v) is 4.96. The van der Waals surface area contributed by atoms with Crippen LogP contribution in [0.15, 0.2) is 0 Å². The highest BCUT2D eigenvalue weighted by Gasteiger charge is 2.23. The molecule has 0 fully saturated rings. The smallest absolute Gasteiger partial charge is 0.0618 e. The summed E-state index contributed by atoms with van der Waals surface area (Å²) in [5, 5.41) is 0. The molecule has 104 valence electrons. The fourth-order valence-electron chi connectivity index (χ4n) is 2.83. The molecule has 0 aromatic heterocycles. The molecule has 1 atom stereocenters. The Balaban J connectivity index is 4.55. The second-order valence-electron chi connectivity index (χ2n) is 4.96. The Hall–Kier alpha value is -0.0800. The standard InChI is InChI=1S/C15H33NO/c1-6-10-14(11-7-2)16(9-4)15(12-8-3)13-17-5/h14-15H,6-13H2,1-5H3. The highest BCUT2D eigenvalue weighted by atomic mass is 16.5. The van der Waals surface area contributed by atoms with E-state index in [9.17, 15) is 0 Å². The van der Waals surface area contributed by atoms with Gasteiger partial charge < -0.3 is 4.74 Å². The van der Waals surface area contributed by atoms with Gasteiger partial charge in [-0.25, -0.2) is 0 Å². The van der Waals surface area contributed by atoms with Crippen LogP contribution in [-0.4, -0.2) is 37.2 Å². The van der Waals surface area contributed by atoms with Gasteiger partial charge in [0.2, 0.25) is 0 Å². The van der Waals surface area contributed by atoms with Gasteiger partial charge in [-0.1, -0.05) is 47.0 Å². The molecule has 0 aromatic rings. The second kappa shape index (κ2) is 11.0. The van der Waals surface area contributed by atoms with E-state index in [2.05, 4.69) is 32.6 Å². The van der Waals surface area contributed by atoms with Crippen molar-refractivity contribution >= 4 is 0 Å². The number of nitrogens with zero attached hydrogens (tertiary/aromatic N) is 1. The lowest BCUT2D eigenvalue weighted by molar-refractivity contribution is 0.0522. The highest BCUT2D eigenvalue weighted by Crippen LogP contribution is 2.19. The number of hydrogen-bond donors (Lipinski definition) is 0. The summed E-state index contributed by atoms with van der Waals surface area (Å²) in [4.78, 5) is 2.68. The van der Waals surface area contributed by atoms with Gasteiger partial charge in [0.1, 0.15) is 0 Å². The molecule has 17 heavy (non-hydrogen) atoms. The average molecular weight is 243 g/mol. The normalized spacial score (nSPS) is 13.6. The van der Waals surface area contributed by atoms with E-state index >= 15 is 0 Å². The van der Waals surface area contributed by atoms with E-state index in [1.807, 2.05) is 7.11 Å².